The minimum atomic E-state index is -0.353. The van der Waals surface area contributed by atoms with E-state index in [0.717, 1.165) is 16.8 Å². The Bertz CT molecular complexity index is 1010. The van der Waals surface area contributed by atoms with E-state index < -0.39 is 0 Å². The van der Waals surface area contributed by atoms with Crippen LogP contribution in [0.15, 0.2) is 18.2 Å². The normalized spacial score (nSPS) is 14.3. The van der Waals surface area contributed by atoms with Gasteiger partial charge in [-0.05, 0) is 52.2 Å². The molecule has 0 radical (unpaired) electrons. The van der Waals surface area contributed by atoms with Crippen LogP contribution in [0.5, 0.6) is 0 Å². The number of aryl methyl sites for hydroxylation is 3. The number of hydrogen-bond acceptors (Lipinski definition) is 6. The van der Waals surface area contributed by atoms with Crippen LogP contribution in [-0.4, -0.2) is 75.9 Å². The predicted octanol–water partition coefficient (Wildman–Crippen LogP) is 2.07. The van der Waals surface area contributed by atoms with Gasteiger partial charge in [0.05, 0.1) is 30.5 Å². The Morgan fingerprint density at radius 2 is 1.81 bits per heavy atom. The monoisotopic (exact) mass is 441 g/mol. The fraction of sp³-hybridized carbons (Fsp3) is 0.522. The molecule has 32 heavy (non-hydrogen) atoms. The number of ether oxygens (including phenoxy) is 1. The second kappa shape index (κ2) is 9.93. The molecular weight excluding hydrogens is 410 g/mol. The van der Waals surface area contributed by atoms with Gasteiger partial charge < -0.3 is 14.5 Å². The molecule has 1 fully saturated rings. The number of hydrogen-bond donors (Lipinski definition) is 0. The number of nitrogens with zero attached hydrogens (tertiary/aromatic N) is 5. The number of amides is 2. The SMILES string of the molecule is CCOC(=O)C1CCN(C(=O)CN(C)C(=O)c2nn(-c3ccc(C)cc3C)nc2C)CC1. The smallest absolute Gasteiger partial charge is 0.309 e. The molecule has 1 aromatic carbocycles. The lowest BCUT2D eigenvalue weighted by atomic mass is 9.97. The van der Waals surface area contributed by atoms with Gasteiger partial charge in [-0.15, -0.1) is 5.10 Å². The van der Waals surface area contributed by atoms with E-state index in [2.05, 4.69) is 10.2 Å². The number of carbonyl (C=O) groups is 3. The quantitative estimate of drug-likeness (QED) is 0.637. The van der Waals surface area contributed by atoms with Crippen molar-refractivity contribution in [2.75, 3.05) is 33.3 Å². The van der Waals surface area contributed by atoms with Crippen LogP contribution in [0, 0.1) is 26.7 Å². The summed E-state index contributed by atoms with van der Waals surface area (Å²) >= 11 is 0. The zero-order chi connectivity index (χ0) is 23.4. The zero-order valence-electron chi connectivity index (χ0n) is 19.4. The summed E-state index contributed by atoms with van der Waals surface area (Å²) in [5.74, 6) is -0.869. The average Bonchev–Trinajstić information content (AvgIpc) is 3.14. The molecule has 0 N–H and O–H groups in total. The third-order valence-electron chi connectivity index (χ3n) is 5.74. The van der Waals surface area contributed by atoms with Gasteiger partial charge in [-0.2, -0.15) is 9.90 Å². The number of piperidine rings is 1. The molecule has 1 saturated heterocycles. The van der Waals surface area contributed by atoms with E-state index >= 15 is 0 Å². The first-order valence-electron chi connectivity index (χ1n) is 10.9. The van der Waals surface area contributed by atoms with Crippen molar-refractivity contribution in [2.24, 2.45) is 5.92 Å². The van der Waals surface area contributed by atoms with Gasteiger partial charge in [-0.25, -0.2) is 0 Å². The highest BCUT2D eigenvalue weighted by Crippen LogP contribution is 2.19. The summed E-state index contributed by atoms with van der Waals surface area (Å²) in [4.78, 5) is 42.1. The van der Waals surface area contributed by atoms with Crippen LogP contribution >= 0.6 is 0 Å². The van der Waals surface area contributed by atoms with Gasteiger partial charge in [0.15, 0.2) is 5.69 Å². The third-order valence-corrected chi connectivity index (χ3v) is 5.74. The fourth-order valence-corrected chi connectivity index (χ4v) is 3.89. The summed E-state index contributed by atoms with van der Waals surface area (Å²) in [6.45, 7) is 8.76. The van der Waals surface area contributed by atoms with E-state index in [9.17, 15) is 14.4 Å². The highest BCUT2D eigenvalue weighted by atomic mass is 16.5. The molecule has 0 spiro atoms. The minimum absolute atomic E-state index is 0.0568. The second-order valence-electron chi connectivity index (χ2n) is 8.28. The van der Waals surface area contributed by atoms with Gasteiger partial charge >= 0.3 is 5.97 Å². The molecular formula is C23H31N5O4. The van der Waals surface area contributed by atoms with Crippen molar-refractivity contribution in [3.8, 4) is 5.69 Å². The number of likely N-dealkylation sites (N-methyl/N-ethyl adjacent to an activating group) is 1. The molecule has 0 bridgehead atoms. The van der Waals surface area contributed by atoms with E-state index in [0.29, 0.717) is 38.2 Å². The predicted molar refractivity (Wildman–Crippen MR) is 118 cm³/mol. The lowest BCUT2D eigenvalue weighted by Gasteiger charge is -2.32. The lowest BCUT2D eigenvalue weighted by molar-refractivity contribution is -0.151. The molecule has 9 heteroatoms. The van der Waals surface area contributed by atoms with E-state index in [4.69, 9.17) is 4.74 Å². The van der Waals surface area contributed by atoms with E-state index in [1.54, 1.807) is 25.8 Å². The van der Waals surface area contributed by atoms with Crippen LogP contribution in [0.3, 0.4) is 0 Å². The summed E-state index contributed by atoms with van der Waals surface area (Å²) in [5, 5.41) is 8.80. The van der Waals surface area contributed by atoms with Crippen LogP contribution in [0.4, 0.5) is 0 Å². The van der Waals surface area contributed by atoms with Crippen LogP contribution < -0.4 is 0 Å². The first kappa shape index (κ1) is 23.4. The molecule has 0 saturated carbocycles. The second-order valence-corrected chi connectivity index (χ2v) is 8.28. The molecule has 1 aliphatic rings. The van der Waals surface area contributed by atoms with E-state index in [-0.39, 0.29) is 35.9 Å². The summed E-state index contributed by atoms with van der Waals surface area (Å²) < 4.78 is 5.07. The number of carbonyl (C=O) groups excluding carboxylic acids is 3. The van der Waals surface area contributed by atoms with E-state index in [1.807, 2.05) is 32.0 Å². The van der Waals surface area contributed by atoms with Crippen molar-refractivity contribution in [1.29, 1.82) is 0 Å². The van der Waals surface area contributed by atoms with Crippen molar-refractivity contribution in [3.05, 3.63) is 40.7 Å². The summed E-state index contributed by atoms with van der Waals surface area (Å²) in [6, 6.07) is 5.93. The largest absolute Gasteiger partial charge is 0.466 e. The van der Waals surface area contributed by atoms with Crippen molar-refractivity contribution in [3.63, 3.8) is 0 Å². The molecule has 3 rings (SSSR count). The van der Waals surface area contributed by atoms with Gasteiger partial charge in [0.25, 0.3) is 5.91 Å². The van der Waals surface area contributed by atoms with Crippen molar-refractivity contribution >= 4 is 17.8 Å². The van der Waals surface area contributed by atoms with Gasteiger partial charge in [-0.3, -0.25) is 14.4 Å². The van der Waals surface area contributed by atoms with Crippen LogP contribution in [0.25, 0.3) is 5.69 Å². The highest BCUT2D eigenvalue weighted by molar-refractivity contribution is 5.95. The molecule has 0 unspecified atom stereocenters. The van der Waals surface area contributed by atoms with Gasteiger partial charge in [-0.1, -0.05) is 17.7 Å². The summed E-state index contributed by atoms with van der Waals surface area (Å²) in [5.41, 5.74) is 3.68. The van der Waals surface area contributed by atoms with Gasteiger partial charge in [0.1, 0.15) is 0 Å². The molecule has 1 aliphatic heterocycles. The maximum Gasteiger partial charge on any atom is 0.309 e. The van der Waals surface area contributed by atoms with Gasteiger partial charge in [0.2, 0.25) is 5.91 Å². The minimum Gasteiger partial charge on any atom is -0.466 e. The first-order chi connectivity index (χ1) is 15.2. The molecule has 2 aromatic rings. The Hall–Kier alpha value is -3.23. The molecule has 9 nitrogen and oxygen atoms in total. The Labute approximate surface area is 188 Å². The molecule has 0 aliphatic carbocycles. The molecule has 1 aromatic heterocycles. The van der Waals surface area contributed by atoms with Crippen LogP contribution in [-0.2, 0) is 14.3 Å². The standard InChI is InChI=1S/C23H31N5O4/c1-6-32-23(31)18-9-11-27(12-10-18)20(29)14-26(5)22(30)21-17(4)24-28(25-21)19-8-7-15(2)13-16(19)3/h7-8,13,18H,6,9-12,14H2,1-5H3. The van der Waals surface area contributed by atoms with Gasteiger partial charge in [0, 0.05) is 20.1 Å². The van der Waals surface area contributed by atoms with Crippen LogP contribution in [0.1, 0.15) is 47.1 Å². The lowest BCUT2D eigenvalue weighted by Crippen LogP contribution is -2.45. The highest BCUT2D eigenvalue weighted by Gasteiger charge is 2.30. The molecule has 2 amide bonds. The van der Waals surface area contributed by atoms with Crippen LogP contribution in [0.2, 0.25) is 0 Å². The Morgan fingerprint density at radius 1 is 1.12 bits per heavy atom. The zero-order valence-corrected chi connectivity index (χ0v) is 19.4. The molecule has 0 atom stereocenters. The number of esters is 1. The number of benzene rings is 1. The van der Waals surface area contributed by atoms with E-state index in [1.165, 1.54) is 9.70 Å². The van der Waals surface area contributed by atoms with Crippen molar-refractivity contribution in [1.82, 2.24) is 24.8 Å². The van der Waals surface area contributed by atoms with Crippen molar-refractivity contribution in [2.45, 2.75) is 40.5 Å². The summed E-state index contributed by atoms with van der Waals surface area (Å²) in [6.07, 6.45) is 1.15. The maximum atomic E-state index is 13.0. The molecule has 2 heterocycles. The number of rotatable bonds is 6. The number of likely N-dealkylation sites (tertiary alicyclic amines) is 1. The maximum absolute atomic E-state index is 13.0. The Balaban J connectivity index is 1.62. The topological polar surface area (TPSA) is 97.6 Å². The Kier molecular flexibility index (Phi) is 7.27. The fourth-order valence-electron chi connectivity index (χ4n) is 3.89. The summed E-state index contributed by atoms with van der Waals surface area (Å²) in [7, 11) is 1.58. The van der Waals surface area contributed by atoms with Crippen molar-refractivity contribution < 1.29 is 19.1 Å². The average molecular weight is 442 g/mol. The first-order valence-corrected chi connectivity index (χ1v) is 10.9. The third kappa shape index (κ3) is 5.15. The Morgan fingerprint density at radius 3 is 2.44 bits per heavy atom. The molecule has 172 valence electrons. The number of aromatic nitrogens is 3.